The lowest BCUT2D eigenvalue weighted by molar-refractivity contribution is 0.175. The van der Waals surface area contributed by atoms with Crippen molar-refractivity contribution in [3.63, 3.8) is 0 Å². The summed E-state index contributed by atoms with van der Waals surface area (Å²) >= 11 is 3.53. The first kappa shape index (κ1) is 12.9. The largest absolute Gasteiger partial charge is 0.496 e. The predicted octanol–water partition coefficient (Wildman–Crippen LogP) is 3.69. The number of benzene rings is 1. The van der Waals surface area contributed by atoms with Crippen LogP contribution in [0.5, 0.6) is 5.75 Å². The van der Waals surface area contributed by atoms with Crippen molar-refractivity contribution in [3.05, 3.63) is 28.2 Å². The first-order valence-corrected chi connectivity index (χ1v) is 7.03. The molecular weight excluding hydrogens is 278 g/mol. The molecule has 1 aliphatic heterocycles. The average molecular weight is 298 g/mol. The fourth-order valence-corrected chi connectivity index (χ4v) is 2.95. The van der Waals surface area contributed by atoms with Crippen LogP contribution in [0, 0.1) is 5.92 Å². The Morgan fingerprint density at radius 1 is 1.47 bits per heavy atom. The van der Waals surface area contributed by atoms with E-state index in [2.05, 4.69) is 33.8 Å². The lowest BCUT2D eigenvalue weighted by Gasteiger charge is -2.31. The maximum atomic E-state index is 5.42. The molecule has 1 aliphatic rings. The molecule has 0 spiro atoms. The number of halogens is 1. The molecule has 2 rings (SSSR count). The number of hydrogen-bond acceptors (Lipinski definition) is 2. The third-order valence-electron chi connectivity index (χ3n) is 3.38. The first-order valence-electron chi connectivity index (χ1n) is 6.24. The van der Waals surface area contributed by atoms with Crippen molar-refractivity contribution in [2.24, 2.45) is 5.92 Å². The zero-order valence-electron chi connectivity index (χ0n) is 10.6. The molecule has 0 radical (unpaired) electrons. The van der Waals surface area contributed by atoms with Gasteiger partial charge < -0.3 is 4.74 Å². The van der Waals surface area contributed by atoms with E-state index in [-0.39, 0.29) is 0 Å². The Hall–Kier alpha value is -0.540. The average Bonchev–Trinajstić information content (AvgIpc) is 2.29. The van der Waals surface area contributed by atoms with Gasteiger partial charge >= 0.3 is 0 Å². The zero-order valence-corrected chi connectivity index (χ0v) is 12.2. The number of piperidine rings is 1. The highest BCUT2D eigenvalue weighted by atomic mass is 79.9. The van der Waals surface area contributed by atoms with Crippen molar-refractivity contribution in [2.75, 3.05) is 20.2 Å². The molecule has 0 aromatic heterocycles. The molecule has 1 atom stereocenters. The van der Waals surface area contributed by atoms with Gasteiger partial charge in [0, 0.05) is 23.1 Å². The Labute approximate surface area is 112 Å². The molecule has 94 valence electrons. The summed E-state index contributed by atoms with van der Waals surface area (Å²) in [7, 11) is 1.74. The summed E-state index contributed by atoms with van der Waals surface area (Å²) < 4.78 is 6.54. The van der Waals surface area contributed by atoms with Crippen molar-refractivity contribution in [1.29, 1.82) is 0 Å². The Morgan fingerprint density at radius 3 is 3.00 bits per heavy atom. The summed E-state index contributed by atoms with van der Waals surface area (Å²) in [5, 5.41) is 0. The fraction of sp³-hybridized carbons (Fsp3) is 0.571. The van der Waals surface area contributed by atoms with E-state index in [0.717, 1.165) is 22.7 Å². The van der Waals surface area contributed by atoms with E-state index >= 15 is 0 Å². The molecule has 1 fully saturated rings. The molecule has 1 heterocycles. The molecule has 1 aromatic rings. The zero-order chi connectivity index (χ0) is 12.3. The van der Waals surface area contributed by atoms with Gasteiger partial charge in [-0.25, -0.2) is 0 Å². The summed E-state index contributed by atoms with van der Waals surface area (Å²) in [6.45, 7) is 5.74. The van der Waals surface area contributed by atoms with Gasteiger partial charge in [-0.3, -0.25) is 4.90 Å². The third-order valence-corrected chi connectivity index (χ3v) is 3.87. The van der Waals surface area contributed by atoms with Crippen LogP contribution in [0.4, 0.5) is 0 Å². The highest BCUT2D eigenvalue weighted by Gasteiger charge is 2.17. The summed E-state index contributed by atoms with van der Waals surface area (Å²) in [6, 6.07) is 6.23. The number of nitrogens with zero attached hydrogens (tertiary/aromatic N) is 1. The van der Waals surface area contributed by atoms with Crippen molar-refractivity contribution in [2.45, 2.75) is 26.3 Å². The van der Waals surface area contributed by atoms with Crippen LogP contribution in [-0.4, -0.2) is 25.1 Å². The van der Waals surface area contributed by atoms with Gasteiger partial charge in [0.25, 0.3) is 0 Å². The Kier molecular flexibility index (Phi) is 4.46. The van der Waals surface area contributed by atoms with Crippen LogP contribution < -0.4 is 4.74 Å². The second-order valence-electron chi connectivity index (χ2n) is 4.94. The smallest absolute Gasteiger partial charge is 0.123 e. The van der Waals surface area contributed by atoms with Crippen molar-refractivity contribution in [3.8, 4) is 5.75 Å². The molecular formula is C14H20BrNO. The topological polar surface area (TPSA) is 12.5 Å². The van der Waals surface area contributed by atoms with Gasteiger partial charge in [-0.15, -0.1) is 0 Å². The number of methoxy groups -OCH3 is 1. The highest BCUT2D eigenvalue weighted by Crippen LogP contribution is 2.26. The predicted molar refractivity (Wildman–Crippen MR) is 74.4 cm³/mol. The van der Waals surface area contributed by atoms with E-state index in [1.165, 1.54) is 31.5 Å². The van der Waals surface area contributed by atoms with Gasteiger partial charge in [0.05, 0.1) is 7.11 Å². The quantitative estimate of drug-likeness (QED) is 0.844. The van der Waals surface area contributed by atoms with Crippen LogP contribution in [0.2, 0.25) is 0 Å². The summed E-state index contributed by atoms with van der Waals surface area (Å²) in [5.41, 5.74) is 1.27. The van der Waals surface area contributed by atoms with Gasteiger partial charge in [-0.2, -0.15) is 0 Å². The van der Waals surface area contributed by atoms with E-state index < -0.39 is 0 Å². The minimum absolute atomic E-state index is 0.821. The summed E-state index contributed by atoms with van der Waals surface area (Å²) in [5.74, 6) is 1.81. The third kappa shape index (κ3) is 3.46. The van der Waals surface area contributed by atoms with E-state index in [1.807, 2.05) is 12.1 Å². The monoisotopic (exact) mass is 297 g/mol. The lowest BCUT2D eigenvalue weighted by Crippen LogP contribution is -2.33. The van der Waals surface area contributed by atoms with Crippen LogP contribution in [0.15, 0.2) is 22.7 Å². The van der Waals surface area contributed by atoms with E-state index in [0.29, 0.717) is 0 Å². The molecule has 17 heavy (non-hydrogen) atoms. The van der Waals surface area contributed by atoms with Crippen LogP contribution in [0.3, 0.4) is 0 Å². The first-order chi connectivity index (χ1) is 8.19. The van der Waals surface area contributed by atoms with E-state index in [1.54, 1.807) is 7.11 Å². The van der Waals surface area contributed by atoms with E-state index in [4.69, 9.17) is 4.74 Å². The maximum absolute atomic E-state index is 5.42. The molecule has 0 amide bonds. The van der Waals surface area contributed by atoms with Crippen molar-refractivity contribution in [1.82, 2.24) is 4.90 Å². The number of rotatable bonds is 3. The van der Waals surface area contributed by atoms with Crippen LogP contribution in [0.1, 0.15) is 25.3 Å². The van der Waals surface area contributed by atoms with Gasteiger partial charge in [0.2, 0.25) is 0 Å². The molecule has 2 nitrogen and oxygen atoms in total. The number of hydrogen-bond donors (Lipinski definition) is 0. The molecule has 0 bridgehead atoms. The fourth-order valence-electron chi connectivity index (χ4n) is 2.54. The van der Waals surface area contributed by atoms with Gasteiger partial charge in [-0.05, 0) is 43.5 Å². The Morgan fingerprint density at radius 2 is 2.29 bits per heavy atom. The lowest BCUT2D eigenvalue weighted by atomic mass is 10.00. The molecule has 0 unspecified atom stereocenters. The molecule has 0 N–H and O–H groups in total. The molecule has 1 aromatic carbocycles. The Bertz CT molecular complexity index is 380. The van der Waals surface area contributed by atoms with Gasteiger partial charge in [0.15, 0.2) is 0 Å². The van der Waals surface area contributed by atoms with Crippen molar-refractivity contribution >= 4 is 15.9 Å². The molecule has 0 aliphatic carbocycles. The highest BCUT2D eigenvalue weighted by molar-refractivity contribution is 9.10. The minimum atomic E-state index is 0.821. The standard InChI is InChI=1S/C14H20BrNO/c1-11-4-3-7-16(9-11)10-12-8-13(15)5-6-14(12)17-2/h5-6,8,11H,3-4,7,9-10H2,1-2H3/t11-/m0/s1. The van der Waals surface area contributed by atoms with Gasteiger partial charge in [-0.1, -0.05) is 22.9 Å². The van der Waals surface area contributed by atoms with Crippen molar-refractivity contribution < 1.29 is 4.74 Å². The van der Waals surface area contributed by atoms with E-state index in [9.17, 15) is 0 Å². The minimum Gasteiger partial charge on any atom is -0.496 e. The van der Waals surface area contributed by atoms with Crippen LogP contribution in [-0.2, 0) is 6.54 Å². The number of ether oxygens (including phenoxy) is 1. The molecule has 3 heteroatoms. The molecule has 1 saturated heterocycles. The maximum Gasteiger partial charge on any atom is 0.123 e. The van der Waals surface area contributed by atoms with Crippen LogP contribution >= 0.6 is 15.9 Å². The summed E-state index contributed by atoms with van der Waals surface area (Å²) in [4.78, 5) is 2.53. The second-order valence-corrected chi connectivity index (χ2v) is 5.85. The molecule has 0 saturated carbocycles. The summed E-state index contributed by atoms with van der Waals surface area (Å²) in [6.07, 6.45) is 2.68. The SMILES string of the molecule is COc1ccc(Br)cc1CN1CCC[C@H](C)C1. The van der Waals surface area contributed by atoms with Crippen LogP contribution in [0.25, 0.3) is 0 Å². The number of likely N-dealkylation sites (tertiary alicyclic amines) is 1. The second kappa shape index (κ2) is 5.87. The normalized spacial score (nSPS) is 21.5. The van der Waals surface area contributed by atoms with Gasteiger partial charge in [0.1, 0.15) is 5.75 Å². The Balaban J connectivity index is 2.08.